The molecule has 0 aliphatic heterocycles. The molecule has 6 nitrogen and oxygen atoms in total. The number of para-hydroxylation sites is 1. The van der Waals surface area contributed by atoms with Crippen molar-refractivity contribution in [3.8, 4) is 67.4 Å². The fourth-order valence-electron chi connectivity index (χ4n) is 23.4. The van der Waals surface area contributed by atoms with Crippen molar-refractivity contribution in [2.45, 2.75) is 278 Å². The first-order valence-electron chi connectivity index (χ1n) is 57.1. The van der Waals surface area contributed by atoms with Crippen molar-refractivity contribution < 1.29 is 33.8 Å². The van der Waals surface area contributed by atoms with Gasteiger partial charge in [-0.25, -0.2) is 4.57 Å². The van der Waals surface area contributed by atoms with Crippen LogP contribution >= 0.6 is 11.3 Å². The SMILES string of the molecule is [2H]c1c(C)[n+](C)c(-c2cc3c(cc2C)-c2ccccc2C3(C)C)c2ccc(C(CC)CC)cc12.[2H]c1c(C)[n+](C)c(-c2cc3c(cc2C)c2ccccc2n3C(C)C)c2ccc(C(CC)CC)cc12.[2H]c1c(C)[n+](C)c(-c2cc3sccc3cc2C)c2ccc(C(CC)CC)cc12.[2H]c1c([2H])[n+](C)c(-c2cc(C)cc(C)c2C)c2ccc(C(CC)CC)cc12.[2H]c1cc([2H])c(C)c(-c2c3ccc(C(CC)CC)cc3c([2H])c(C)[n+]2C)c1. The number of hydrogen-bond donors (Lipinski definition) is 0. The van der Waals surface area contributed by atoms with E-state index in [0.29, 0.717) is 77.9 Å². The molecule has 0 radical (unpaired) electrons. The smallest absolute Gasteiger partial charge is 0.220 e. The molecule has 1 aliphatic rings. The van der Waals surface area contributed by atoms with Gasteiger partial charge in [-0.05, 0) is 362 Å². The van der Waals surface area contributed by atoms with Gasteiger partial charge in [0.25, 0.3) is 0 Å². The fourth-order valence-corrected chi connectivity index (χ4v) is 24.2. The number of nitrogens with zero attached hydrogens (tertiary/aromatic N) is 6. The molecule has 0 unspecified atom stereocenters. The highest BCUT2D eigenvalue weighted by Gasteiger charge is 2.38. The third-order valence-electron chi connectivity index (χ3n) is 32.5. The van der Waals surface area contributed by atoms with E-state index in [9.17, 15) is 0 Å². The molecule has 7 heteroatoms. The molecule has 0 amide bonds. The molecule has 0 saturated carbocycles. The van der Waals surface area contributed by atoms with Crippen molar-refractivity contribution in [2.75, 3.05) is 0 Å². The molecule has 143 heavy (non-hydrogen) atoms. The van der Waals surface area contributed by atoms with Gasteiger partial charge < -0.3 is 4.57 Å². The Bertz CT molecular complexity index is 8360. The Morgan fingerprint density at radius 3 is 1.17 bits per heavy atom. The van der Waals surface area contributed by atoms with Crippen molar-refractivity contribution in [1.82, 2.24) is 4.57 Å². The molecule has 19 aromatic rings. The first-order chi connectivity index (χ1) is 72.0. The molecular weight excluding hydrogens is 1750 g/mol. The zero-order valence-electron chi connectivity index (χ0n) is 99.3. The van der Waals surface area contributed by atoms with Crippen molar-refractivity contribution >= 4 is 97.1 Å². The Labute approximate surface area is 871 Å². The maximum absolute atomic E-state index is 8.96. The lowest BCUT2D eigenvalue weighted by Crippen LogP contribution is -2.35. The van der Waals surface area contributed by atoms with Gasteiger partial charge in [0, 0.05) is 95.9 Å². The van der Waals surface area contributed by atoms with Gasteiger partial charge in [-0.3, -0.25) is 0 Å². The van der Waals surface area contributed by atoms with E-state index in [4.69, 9.17) is 11.0 Å². The number of thiophene rings is 1. The van der Waals surface area contributed by atoms with Crippen LogP contribution in [0.5, 0.6) is 0 Å². The number of pyridine rings is 5. The van der Waals surface area contributed by atoms with Crippen LogP contribution in [0.25, 0.3) is 153 Å². The number of aromatic nitrogens is 6. The minimum absolute atomic E-state index is 0.0319. The number of rotatable bonds is 21. The normalized spacial score (nSPS) is 13.1. The van der Waals surface area contributed by atoms with Gasteiger partial charge in [-0.2, -0.15) is 18.3 Å². The summed E-state index contributed by atoms with van der Waals surface area (Å²) in [6.45, 7) is 54.8. The van der Waals surface area contributed by atoms with E-state index in [1.807, 2.05) is 43.1 Å². The Morgan fingerprint density at radius 2 is 0.713 bits per heavy atom. The summed E-state index contributed by atoms with van der Waals surface area (Å²) < 4.78 is 83.1. The lowest BCUT2D eigenvalue weighted by molar-refractivity contribution is -0.665. The molecule has 20 rings (SSSR count). The van der Waals surface area contributed by atoms with E-state index < -0.39 is 0 Å². The molecule has 1 aliphatic carbocycles. The van der Waals surface area contributed by atoms with E-state index in [1.54, 1.807) is 17.4 Å². The van der Waals surface area contributed by atoms with Gasteiger partial charge in [-0.15, -0.1) is 11.3 Å². The van der Waals surface area contributed by atoms with E-state index >= 15 is 0 Å². The van der Waals surface area contributed by atoms with Crippen molar-refractivity contribution in [3.05, 3.63) is 361 Å². The summed E-state index contributed by atoms with van der Waals surface area (Å²) in [5.74, 6) is 2.65. The maximum Gasteiger partial charge on any atom is 0.220 e. The maximum atomic E-state index is 8.96. The van der Waals surface area contributed by atoms with Crippen LogP contribution in [-0.4, -0.2) is 4.57 Å². The fraction of sp³-hybridized carbons (Fsp3) is 0.346. The third-order valence-corrected chi connectivity index (χ3v) is 33.4. The van der Waals surface area contributed by atoms with Crippen LogP contribution in [0.15, 0.2) is 260 Å². The summed E-state index contributed by atoms with van der Waals surface area (Å²) >= 11 is 1.79. The highest BCUT2D eigenvalue weighted by molar-refractivity contribution is 7.17. The highest BCUT2D eigenvalue weighted by atomic mass is 32.1. The van der Waals surface area contributed by atoms with Gasteiger partial charge in [0.15, 0.2) is 28.9 Å². The van der Waals surface area contributed by atoms with Crippen LogP contribution < -0.4 is 22.8 Å². The molecule has 7 aromatic heterocycles. The molecular formula is C136H159N6S+5. The second-order valence-corrected chi connectivity index (χ2v) is 42.7. The van der Waals surface area contributed by atoms with E-state index in [2.05, 4.69) is 398 Å². The molecule has 12 aromatic carbocycles. The number of fused-ring (bicyclic) bond motifs is 12. The molecule has 0 spiro atoms. The molecule has 0 N–H and O–H groups in total. The van der Waals surface area contributed by atoms with Gasteiger partial charge >= 0.3 is 0 Å². The van der Waals surface area contributed by atoms with Crippen molar-refractivity contribution in [2.24, 2.45) is 35.2 Å². The van der Waals surface area contributed by atoms with Crippen LogP contribution in [0.4, 0.5) is 0 Å². The van der Waals surface area contributed by atoms with Crippen LogP contribution in [0.2, 0.25) is 0 Å². The summed E-state index contributed by atoms with van der Waals surface area (Å²) in [6, 6.07) is 79.1. The standard InChI is InChI=1S/C32H37N2.C32H36N.C25H28NS.C24H30N.C23H28N/c1-8-23(9-2)24-14-15-26-25(18-24)17-22(6)33(7)32(26)28-19-31-29(16-21(28)5)27-12-10-11-13-30(27)34(31)20(3)4;1-8-22(9-2)23-14-15-25-24(18-23)17-21(4)33(7)31(25)27-19-30-28(16-20(27)3)26-12-10-11-13-29(26)32(30,5)6;1-6-18(7-2)19-8-9-22-21(14-19)13-17(4)26(5)25(22)23-15-24-20(10-11-27-24)12-16(23)3;1-7-19(8-2)20-9-10-22-21(15-20)11-12-25(6)24(22)23-14-16(3)13-17(4)18(23)5;1-6-18(7-2)19-12-13-22-20(15-19)14-17(4)24(5)23(22)21-11-9-8-10-16(21)3/h10-20,23H,8-9H2,1-7H3;10-19,22H,8-9H2,1-7H3;8-15,18H,6-7H2,1-5H3;9-15,19H,7-8H2,1-6H3;8-15,18H,6-7H2,1-5H3/q5*+1/i2*17D;13D;11D,12D;9D,10D,14D. The zero-order valence-corrected chi connectivity index (χ0v) is 92.2. The summed E-state index contributed by atoms with van der Waals surface area (Å²) in [6.07, 6.45) is 11.4. The largest absolute Gasteiger partial charge is 0.338 e. The number of aryl methyl sites for hydroxylation is 5. The first kappa shape index (κ1) is 92.8. The molecule has 7 heterocycles. The zero-order chi connectivity index (χ0) is 109. The van der Waals surface area contributed by atoms with Gasteiger partial charge in [0.05, 0.1) is 64.3 Å². The summed E-state index contributed by atoms with van der Waals surface area (Å²) in [5, 5.41) is 16.7. The average molecular weight is 1920 g/mol. The average Bonchev–Trinajstić information content (AvgIpc) is 1.58. The number of benzene rings is 12. The van der Waals surface area contributed by atoms with E-state index in [-0.39, 0.29) is 11.6 Å². The molecule has 0 bridgehead atoms. The third kappa shape index (κ3) is 20.0. The first-order valence-corrected chi connectivity index (χ1v) is 54.0. The summed E-state index contributed by atoms with van der Waals surface area (Å²) in [4.78, 5) is 0. The minimum atomic E-state index is -0.0319. The lowest BCUT2D eigenvalue weighted by Gasteiger charge is -2.22. The minimum Gasteiger partial charge on any atom is -0.338 e. The second kappa shape index (κ2) is 43.6. The summed E-state index contributed by atoms with van der Waals surface area (Å²) in [5.41, 5.74) is 38.5. The lowest BCUT2D eigenvalue weighted by atomic mass is 9.81. The van der Waals surface area contributed by atoms with Crippen LogP contribution in [0.3, 0.4) is 0 Å². The van der Waals surface area contributed by atoms with Crippen LogP contribution in [-0.2, 0) is 40.7 Å². The highest BCUT2D eigenvalue weighted by Crippen LogP contribution is 2.52. The molecule has 0 atom stereocenters. The van der Waals surface area contributed by atoms with Crippen molar-refractivity contribution in [3.63, 3.8) is 0 Å². The Balaban J connectivity index is 0.000000135. The number of hydrogen-bond acceptors (Lipinski definition) is 1. The Hall–Kier alpha value is -12.6. The van der Waals surface area contributed by atoms with Crippen LogP contribution in [0.1, 0.15) is 308 Å². The predicted molar refractivity (Wildman–Crippen MR) is 618 cm³/mol. The molecule has 0 fully saturated rings. The quantitative estimate of drug-likeness (QED) is 0.0641. The van der Waals surface area contributed by atoms with Gasteiger partial charge in [0.2, 0.25) is 28.5 Å². The molecule has 0 saturated heterocycles. The monoisotopic (exact) mass is 1920 g/mol. The molecule has 734 valence electrons. The topological polar surface area (TPSA) is 24.3 Å². The van der Waals surface area contributed by atoms with E-state index in [1.165, 1.54) is 160 Å². The van der Waals surface area contributed by atoms with Gasteiger partial charge in [-0.1, -0.05) is 222 Å². The second-order valence-electron chi connectivity index (χ2n) is 41.8. The van der Waals surface area contributed by atoms with Gasteiger partial charge in [0.1, 0.15) is 36.6 Å². The van der Waals surface area contributed by atoms with Crippen molar-refractivity contribution in [1.29, 1.82) is 0 Å². The van der Waals surface area contributed by atoms with E-state index in [0.717, 1.165) is 158 Å². The Kier molecular flexibility index (Phi) is 28.3. The predicted octanol–water partition coefficient (Wildman–Crippen LogP) is 35.8. The summed E-state index contributed by atoms with van der Waals surface area (Å²) in [7, 11) is 10.2. The van der Waals surface area contributed by atoms with Crippen LogP contribution in [0, 0.1) is 76.2 Å². The Morgan fingerprint density at radius 1 is 0.308 bits per heavy atom.